The zero-order chi connectivity index (χ0) is 14.4. The maximum atomic E-state index is 10.9. The topological polar surface area (TPSA) is 38.7 Å². The van der Waals surface area contributed by atoms with Crippen LogP contribution in [0.1, 0.15) is 57.9 Å². The van der Waals surface area contributed by atoms with Gasteiger partial charge in [0.2, 0.25) is 0 Å². The summed E-state index contributed by atoms with van der Waals surface area (Å²) in [4.78, 5) is 0. The van der Waals surface area contributed by atoms with Crippen molar-refractivity contribution in [3.8, 4) is 11.5 Å². The fraction of sp³-hybridized carbons (Fsp3) is 0.647. The van der Waals surface area contributed by atoms with Gasteiger partial charge < -0.3 is 14.6 Å². The minimum Gasteiger partial charge on any atom is -0.490 e. The third-order valence-electron chi connectivity index (χ3n) is 4.01. The largest absolute Gasteiger partial charge is 0.490 e. The van der Waals surface area contributed by atoms with Crippen LogP contribution in [0.4, 0.5) is 0 Å². The monoisotopic (exact) mass is 278 g/mol. The van der Waals surface area contributed by atoms with Crippen molar-refractivity contribution < 1.29 is 14.6 Å². The average molecular weight is 278 g/mol. The molecule has 1 fully saturated rings. The smallest absolute Gasteiger partial charge is 0.161 e. The summed E-state index contributed by atoms with van der Waals surface area (Å²) in [5.74, 6) is 1.50. The molecule has 1 N–H and O–H groups in total. The van der Waals surface area contributed by atoms with Gasteiger partial charge in [0.15, 0.2) is 11.5 Å². The molecule has 1 aromatic carbocycles. The maximum absolute atomic E-state index is 10.9. The van der Waals surface area contributed by atoms with Crippen molar-refractivity contribution in [3.63, 3.8) is 0 Å². The lowest BCUT2D eigenvalue weighted by molar-refractivity contribution is 0.0204. The molecule has 3 heteroatoms. The van der Waals surface area contributed by atoms with Crippen molar-refractivity contribution in [1.82, 2.24) is 0 Å². The normalized spacial score (nSPS) is 18.4. The Kier molecular flexibility index (Phi) is 5.30. The highest BCUT2D eigenvalue weighted by Gasteiger charge is 2.30. The third-order valence-corrected chi connectivity index (χ3v) is 4.01. The molecule has 0 radical (unpaired) electrons. The average Bonchev–Trinajstić information content (AvgIpc) is 2.67. The van der Waals surface area contributed by atoms with E-state index in [-0.39, 0.29) is 0 Å². The summed E-state index contributed by atoms with van der Waals surface area (Å²) in [5, 5.41) is 10.9. The lowest BCUT2D eigenvalue weighted by Crippen LogP contribution is -2.24. The Hall–Kier alpha value is -1.22. The molecular formula is C17H26O3. The molecule has 112 valence electrons. The molecule has 2 rings (SSSR count). The van der Waals surface area contributed by atoms with Gasteiger partial charge in [-0.25, -0.2) is 0 Å². The number of aliphatic hydroxyl groups is 1. The minimum absolute atomic E-state index is 0.599. The number of rotatable bonds is 5. The SMILES string of the molecule is CCOc1ccc(C2(O)CCCCCC2)cc1OCC. The fourth-order valence-corrected chi connectivity index (χ4v) is 2.94. The fourth-order valence-electron chi connectivity index (χ4n) is 2.94. The Morgan fingerprint density at radius 2 is 1.55 bits per heavy atom. The highest BCUT2D eigenvalue weighted by Crippen LogP contribution is 2.39. The van der Waals surface area contributed by atoms with Crippen molar-refractivity contribution in [2.24, 2.45) is 0 Å². The standard InChI is InChI=1S/C17H26O3/c1-3-19-15-10-9-14(13-16(15)20-4-2)17(18)11-7-5-6-8-12-17/h9-10,13,18H,3-8,11-12H2,1-2H3. The summed E-state index contributed by atoms with van der Waals surface area (Å²) < 4.78 is 11.2. The Morgan fingerprint density at radius 1 is 0.950 bits per heavy atom. The molecule has 0 heterocycles. The molecule has 1 saturated carbocycles. The lowest BCUT2D eigenvalue weighted by Gasteiger charge is -2.28. The van der Waals surface area contributed by atoms with Crippen molar-refractivity contribution in [2.45, 2.75) is 58.0 Å². The first-order valence-corrected chi connectivity index (χ1v) is 7.82. The Balaban J connectivity index is 2.28. The summed E-state index contributed by atoms with van der Waals surface area (Å²) >= 11 is 0. The van der Waals surface area contributed by atoms with Gasteiger partial charge in [0.1, 0.15) is 0 Å². The second-order valence-electron chi connectivity index (χ2n) is 5.47. The molecule has 0 amide bonds. The van der Waals surface area contributed by atoms with Crippen molar-refractivity contribution in [2.75, 3.05) is 13.2 Å². The molecule has 1 aliphatic rings. The van der Waals surface area contributed by atoms with E-state index in [0.29, 0.717) is 13.2 Å². The highest BCUT2D eigenvalue weighted by atomic mass is 16.5. The van der Waals surface area contributed by atoms with Gasteiger partial charge in [-0.05, 0) is 44.4 Å². The van der Waals surface area contributed by atoms with Crippen LogP contribution in [0.5, 0.6) is 11.5 Å². The summed E-state index contributed by atoms with van der Waals surface area (Å²) in [6, 6.07) is 5.87. The molecular weight excluding hydrogens is 252 g/mol. The quantitative estimate of drug-likeness (QED) is 0.827. The Morgan fingerprint density at radius 3 is 2.15 bits per heavy atom. The molecule has 0 aromatic heterocycles. The van der Waals surface area contributed by atoms with Crippen molar-refractivity contribution in [1.29, 1.82) is 0 Å². The van der Waals surface area contributed by atoms with E-state index < -0.39 is 5.60 Å². The zero-order valence-electron chi connectivity index (χ0n) is 12.7. The molecule has 0 saturated heterocycles. The summed E-state index contributed by atoms with van der Waals surface area (Å²) in [5.41, 5.74) is 0.263. The van der Waals surface area contributed by atoms with E-state index >= 15 is 0 Å². The molecule has 0 aliphatic heterocycles. The van der Waals surface area contributed by atoms with Gasteiger partial charge in [0.25, 0.3) is 0 Å². The van der Waals surface area contributed by atoms with Crippen LogP contribution in [-0.2, 0) is 5.60 Å². The van der Waals surface area contributed by atoms with Gasteiger partial charge >= 0.3 is 0 Å². The molecule has 0 spiro atoms. The van der Waals surface area contributed by atoms with E-state index in [1.807, 2.05) is 32.0 Å². The Bertz CT molecular complexity index is 420. The van der Waals surface area contributed by atoms with E-state index in [1.54, 1.807) is 0 Å². The summed E-state index contributed by atoms with van der Waals surface area (Å²) in [7, 11) is 0. The third kappa shape index (κ3) is 3.45. The van der Waals surface area contributed by atoms with Crippen LogP contribution in [0.2, 0.25) is 0 Å². The van der Waals surface area contributed by atoms with E-state index in [9.17, 15) is 5.11 Å². The van der Waals surface area contributed by atoms with Gasteiger partial charge in [-0.1, -0.05) is 31.7 Å². The van der Waals surface area contributed by atoms with E-state index in [4.69, 9.17) is 9.47 Å². The second kappa shape index (κ2) is 6.98. The molecule has 0 unspecified atom stereocenters. The molecule has 1 aromatic rings. The number of ether oxygens (including phenoxy) is 2. The molecule has 1 aliphatic carbocycles. The number of benzene rings is 1. The minimum atomic E-state index is -0.701. The van der Waals surface area contributed by atoms with E-state index in [2.05, 4.69) is 0 Å². The van der Waals surface area contributed by atoms with E-state index in [0.717, 1.165) is 42.7 Å². The summed E-state index contributed by atoms with van der Waals surface area (Å²) in [6.45, 7) is 5.14. The predicted octanol–water partition coefficient (Wildman–Crippen LogP) is 4.03. The van der Waals surface area contributed by atoms with E-state index in [1.165, 1.54) is 12.8 Å². The van der Waals surface area contributed by atoms with Gasteiger partial charge in [-0.15, -0.1) is 0 Å². The van der Waals surface area contributed by atoms with Gasteiger partial charge in [0.05, 0.1) is 18.8 Å². The van der Waals surface area contributed by atoms with Gasteiger partial charge in [-0.3, -0.25) is 0 Å². The van der Waals surface area contributed by atoms with Crippen LogP contribution < -0.4 is 9.47 Å². The van der Waals surface area contributed by atoms with Crippen LogP contribution in [0.15, 0.2) is 18.2 Å². The van der Waals surface area contributed by atoms with Gasteiger partial charge in [-0.2, -0.15) is 0 Å². The first kappa shape index (κ1) is 15.2. The second-order valence-corrected chi connectivity index (χ2v) is 5.47. The first-order chi connectivity index (χ1) is 9.69. The van der Waals surface area contributed by atoms with Crippen LogP contribution in [0.25, 0.3) is 0 Å². The van der Waals surface area contributed by atoms with Gasteiger partial charge in [0, 0.05) is 0 Å². The first-order valence-electron chi connectivity index (χ1n) is 7.82. The highest BCUT2D eigenvalue weighted by molar-refractivity contribution is 5.44. The molecule has 0 atom stereocenters. The van der Waals surface area contributed by atoms with Crippen LogP contribution in [0, 0.1) is 0 Å². The summed E-state index contributed by atoms with van der Waals surface area (Å²) in [6.07, 6.45) is 6.30. The van der Waals surface area contributed by atoms with Crippen molar-refractivity contribution >= 4 is 0 Å². The Labute approximate surface area is 121 Å². The number of hydrogen-bond donors (Lipinski definition) is 1. The van der Waals surface area contributed by atoms with Crippen molar-refractivity contribution in [3.05, 3.63) is 23.8 Å². The number of hydrogen-bond acceptors (Lipinski definition) is 3. The predicted molar refractivity (Wildman–Crippen MR) is 80.4 cm³/mol. The molecule has 0 bridgehead atoms. The van der Waals surface area contributed by atoms with Crippen LogP contribution >= 0.6 is 0 Å². The van der Waals surface area contributed by atoms with Crippen LogP contribution in [-0.4, -0.2) is 18.3 Å². The molecule has 3 nitrogen and oxygen atoms in total. The molecule has 20 heavy (non-hydrogen) atoms. The maximum Gasteiger partial charge on any atom is 0.161 e. The lowest BCUT2D eigenvalue weighted by atomic mass is 9.86. The zero-order valence-corrected chi connectivity index (χ0v) is 12.7. The van der Waals surface area contributed by atoms with Crippen LogP contribution in [0.3, 0.4) is 0 Å².